The minimum atomic E-state index is -0.310. The number of nitrogens with zero attached hydrogens (tertiary/aromatic N) is 2. The normalized spacial score (nSPS) is 23.5. The third-order valence-electron chi connectivity index (χ3n) is 4.45. The van der Waals surface area contributed by atoms with Crippen molar-refractivity contribution in [3.63, 3.8) is 0 Å². The summed E-state index contributed by atoms with van der Waals surface area (Å²) in [4.78, 5) is 6.68. The molecule has 20 heavy (non-hydrogen) atoms. The Morgan fingerprint density at radius 3 is 2.90 bits per heavy atom. The van der Waals surface area contributed by atoms with Gasteiger partial charge in [0.05, 0.1) is 17.9 Å². The number of pyridine rings is 1. The maximum Gasteiger partial charge on any atom is 0.141 e. The van der Waals surface area contributed by atoms with Crippen molar-refractivity contribution in [3.8, 4) is 0 Å². The lowest BCUT2D eigenvalue weighted by atomic mass is 9.94. The quantitative estimate of drug-likeness (QED) is 0.900. The van der Waals surface area contributed by atoms with Crippen LogP contribution in [0.15, 0.2) is 18.3 Å². The number of likely N-dealkylation sites (tertiary alicyclic amines) is 1. The first kappa shape index (κ1) is 15.4. The molecule has 0 amide bonds. The van der Waals surface area contributed by atoms with Gasteiger partial charge < -0.3 is 10.6 Å². The van der Waals surface area contributed by atoms with Crippen LogP contribution in [0.25, 0.3) is 0 Å². The molecule has 4 heteroatoms. The Morgan fingerprint density at radius 1 is 1.45 bits per heavy atom. The molecule has 0 aliphatic carbocycles. The van der Waals surface area contributed by atoms with Gasteiger partial charge in [0.25, 0.3) is 0 Å². The number of halogens is 1. The highest BCUT2D eigenvalue weighted by molar-refractivity contribution is 5.10. The molecule has 1 aliphatic heterocycles. The molecular formula is C16H26FN3. The molecular weight excluding hydrogens is 253 g/mol. The van der Waals surface area contributed by atoms with Crippen molar-refractivity contribution < 1.29 is 4.39 Å². The van der Waals surface area contributed by atoms with Crippen LogP contribution in [0.3, 0.4) is 0 Å². The maximum absolute atomic E-state index is 12.9. The van der Waals surface area contributed by atoms with Crippen LogP contribution in [0, 0.1) is 11.7 Å². The molecule has 3 atom stereocenters. The fraction of sp³-hybridized carbons (Fsp3) is 0.688. The smallest absolute Gasteiger partial charge is 0.141 e. The summed E-state index contributed by atoms with van der Waals surface area (Å²) in [5, 5.41) is 0. The average molecular weight is 279 g/mol. The lowest BCUT2D eigenvalue weighted by molar-refractivity contribution is 0.118. The second kappa shape index (κ2) is 7.14. The summed E-state index contributed by atoms with van der Waals surface area (Å²) < 4.78 is 12.9. The van der Waals surface area contributed by atoms with Crippen molar-refractivity contribution in [1.29, 1.82) is 0 Å². The summed E-state index contributed by atoms with van der Waals surface area (Å²) in [5.74, 6) is 0.00999. The first-order valence-corrected chi connectivity index (χ1v) is 7.73. The number of aromatic nitrogens is 1. The summed E-state index contributed by atoms with van der Waals surface area (Å²) in [6.07, 6.45) is 6.38. The molecule has 0 saturated carbocycles. The highest BCUT2D eigenvalue weighted by atomic mass is 19.1. The summed E-state index contributed by atoms with van der Waals surface area (Å²) in [7, 11) is 0. The van der Waals surface area contributed by atoms with Crippen LogP contribution in [0.4, 0.5) is 4.39 Å². The fourth-order valence-corrected chi connectivity index (χ4v) is 3.12. The topological polar surface area (TPSA) is 42.1 Å². The molecule has 1 aliphatic rings. The van der Waals surface area contributed by atoms with E-state index in [0.29, 0.717) is 12.0 Å². The number of rotatable bonds is 5. The van der Waals surface area contributed by atoms with Gasteiger partial charge in [0.1, 0.15) is 5.82 Å². The monoisotopic (exact) mass is 279 g/mol. The van der Waals surface area contributed by atoms with E-state index >= 15 is 0 Å². The van der Waals surface area contributed by atoms with Gasteiger partial charge in [0.15, 0.2) is 0 Å². The SMILES string of the molecule is CCC1CCCCN1CC(C)C(N)c1ccc(F)cn1. The van der Waals surface area contributed by atoms with Crippen molar-refractivity contribution in [2.75, 3.05) is 13.1 Å². The first-order valence-electron chi connectivity index (χ1n) is 7.73. The minimum Gasteiger partial charge on any atom is -0.322 e. The predicted molar refractivity (Wildman–Crippen MR) is 79.8 cm³/mol. The van der Waals surface area contributed by atoms with E-state index in [9.17, 15) is 4.39 Å². The third kappa shape index (κ3) is 3.76. The van der Waals surface area contributed by atoms with Crippen LogP contribution < -0.4 is 5.73 Å². The minimum absolute atomic E-state index is 0.130. The van der Waals surface area contributed by atoms with Gasteiger partial charge in [-0.15, -0.1) is 0 Å². The van der Waals surface area contributed by atoms with E-state index in [4.69, 9.17) is 5.73 Å². The highest BCUT2D eigenvalue weighted by Gasteiger charge is 2.25. The molecule has 3 nitrogen and oxygen atoms in total. The Labute approximate surface area is 121 Å². The zero-order valence-corrected chi connectivity index (χ0v) is 12.6. The zero-order chi connectivity index (χ0) is 14.5. The maximum atomic E-state index is 12.9. The van der Waals surface area contributed by atoms with Gasteiger partial charge in [-0.3, -0.25) is 4.98 Å². The Kier molecular flexibility index (Phi) is 5.49. The Morgan fingerprint density at radius 2 is 2.25 bits per heavy atom. The molecule has 112 valence electrons. The second-order valence-electron chi connectivity index (χ2n) is 5.96. The first-order chi connectivity index (χ1) is 9.61. The summed E-state index contributed by atoms with van der Waals surface area (Å²) in [6.45, 7) is 6.59. The number of hydrogen-bond acceptors (Lipinski definition) is 3. The van der Waals surface area contributed by atoms with Crippen LogP contribution >= 0.6 is 0 Å². The third-order valence-corrected chi connectivity index (χ3v) is 4.45. The standard InChI is InChI=1S/C16H26FN3/c1-3-14-6-4-5-9-20(14)11-12(2)16(18)15-8-7-13(17)10-19-15/h7-8,10,12,14,16H,3-6,9,11,18H2,1-2H3. The Hall–Kier alpha value is -1.00. The van der Waals surface area contributed by atoms with Crippen LogP contribution in [-0.2, 0) is 0 Å². The number of piperidine rings is 1. The van der Waals surface area contributed by atoms with E-state index in [0.717, 1.165) is 12.2 Å². The molecule has 0 radical (unpaired) electrons. The van der Waals surface area contributed by atoms with E-state index < -0.39 is 0 Å². The zero-order valence-electron chi connectivity index (χ0n) is 12.6. The average Bonchev–Trinajstić information content (AvgIpc) is 2.48. The van der Waals surface area contributed by atoms with Gasteiger partial charge in [-0.1, -0.05) is 20.3 Å². The highest BCUT2D eigenvalue weighted by Crippen LogP contribution is 2.24. The van der Waals surface area contributed by atoms with E-state index in [1.807, 2.05) is 0 Å². The number of hydrogen-bond donors (Lipinski definition) is 1. The van der Waals surface area contributed by atoms with Crippen molar-refractivity contribution in [2.45, 2.75) is 51.6 Å². The van der Waals surface area contributed by atoms with Crippen LogP contribution in [0.1, 0.15) is 51.3 Å². The Balaban J connectivity index is 1.96. The second-order valence-corrected chi connectivity index (χ2v) is 5.96. The lowest BCUT2D eigenvalue weighted by Gasteiger charge is -2.37. The molecule has 2 rings (SSSR count). The number of nitrogens with two attached hydrogens (primary N) is 1. The van der Waals surface area contributed by atoms with Crippen LogP contribution in [0.5, 0.6) is 0 Å². The van der Waals surface area contributed by atoms with E-state index in [1.165, 1.54) is 44.5 Å². The van der Waals surface area contributed by atoms with Gasteiger partial charge in [0.2, 0.25) is 0 Å². The summed E-state index contributed by atoms with van der Waals surface area (Å²) in [5.41, 5.74) is 7.06. The van der Waals surface area contributed by atoms with E-state index in [2.05, 4.69) is 23.7 Å². The van der Waals surface area contributed by atoms with Crippen molar-refractivity contribution in [2.24, 2.45) is 11.7 Å². The molecule has 1 aromatic heterocycles. The molecule has 2 heterocycles. The van der Waals surface area contributed by atoms with Crippen LogP contribution in [0.2, 0.25) is 0 Å². The molecule has 1 aromatic rings. The summed E-state index contributed by atoms with van der Waals surface area (Å²) in [6, 6.07) is 3.70. The molecule has 2 N–H and O–H groups in total. The van der Waals surface area contributed by atoms with E-state index in [1.54, 1.807) is 6.07 Å². The van der Waals surface area contributed by atoms with Gasteiger partial charge in [-0.2, -0.15) is 0 Å². The summed E-state index contributed by atoms with van der Waals surface area (Å²) >= 11 is 0. The van der Waals surface area contributed by atoms with Crippen LogP contribution in [-0.4, -0.2) is 29.0 Å². The van der Waals surface area contributed by atoms with Gasteiger partial charge in [-0.25, -0.2) is 4.39 Å². The lowest BCUT2D eigenvalue weighted by Crippen LogP contribution is -2.43. The largest absolute Gasteiger partial charge is 0.322 e. The molecule has 1 saturated heterocycles. The molecule has 0 bridgehead atoms. The molecule has 1 fully saturated rings. The molecule has 0 aromatic carbocycles. The fourth-order valence-electron chi connectivity index (χ4n) is 3.12. The van der Waals surface area contributed by atoms with Crippen molar-refractivity contribution in [1.82, 2.24) is 9.88 Å². The Bertz CT molecular complexity index is 407. The van der Waals surface area contributed by atoms with Crippen molar-refractivity contribution >= 4 is 0 Å². The van der Waals surface area contributed by atoms with Crippen molar-refractivity contribution in [3.05, 3.63) is 29.8 Å². The van der Waals surface area contributed by atoms with E-state index in [-0.39, 0.29) is 11.9 Å². The molecule has 0 spiro atoms. The van der Waals surface area contributed by atoms with Gasteiger partial charge in [0, 0.05) is 12.6 Å². The van der Waals surface area contributed by atoms with Gasteiger partial charge >= 0.3 is 0 Å². The molecule has 3 unspecified atom stereocenters. The van der Waals surface area contributed by atoms with Gasteiger partial charge in [-0.05, 0) is 43.9 Å². The predicted octanol–water partition coefficient (Wildman–Crippen LogP) is 3.12.